The Morgan fingerprint density at radius 2 is 1.75 bits per heavy atom. The highest BCUT2D eigenvalue weighted by atomic mass is 32.1. The molecule has 0 fully saturated rings. The number of hydrogen-bond acceptors (Lipinski definition) is 5. The number of rotatable bonds is 11. The van der Waals surface area contributed by atoms with E-state index in [1.165, 1.54) is 29.0 Å². The van der Waals surface area contributed by atoms with Gasteiger partial charge in [-0.15, -0.1) is 11.3 Å². The van der Waals surface area contributed by atoms with Gasteiger partial charge in [0.05, 0.1) is 0 Å². The van der Waals surface area contributed by atoms with Crippen LogP contribution in [0.15, 0.2) is 53.9 Å². The average molecular weight is 456 g/mol. The number of nitrogens with zero attached hydrogens (tertiary/aromatic N) is 1. The van der Waals surface area contributed by atoms with Crippen LogP contribution in [0.2, 0.25) is 0 Å². The molecule has 0 aliphatic rings. The summed E-state index contributed by atoms with van der Waals surface area (Å²) in [7, 11) is 0. The van der Waals surface area contributed by atoms with E-state index in [0.717, 1.165) is 19.3 Å². The van der Waals surface area contributed by atoms with Gasteiger partial charge in [0.15, 0.2) is 11.6 Å². The van der Waals surface area contributed by atoms with Crippen molar-refractivity contribution in [1.29, 1.82) is 0 Å². The van der Waals surface area contributed by atoms with E-state index < -0.39 is 5.82 Å². The molecule has 8 heteroatoms. The molecule has 168 valence electrons. The maximum Gasteiger partial charge on any atom is 0.270 e. The number of aromatic nitrogens is 1. The zero-order valence-corrected chi connectivity index (χ0v) is 18.7. The van der Waals surface area contributed by atoms with Gasteiger partial charge in [-0.05, 0) is 42.7 Å². The Hall–Kier alpha value is -3.26. The minimum atomic E-state index is -0.448. The molecule has 2 amide bonds. The van der Waals surface area contributed by atoms with Crippen molar-refractivity contribution in [3.05, 3.63) is 81.6 Å². The molecule has 0 unspecified atom stereocenters. The summed E-state index contributed by atoms with van der Waals surface area (Å²) >= 11 is 1.26. The smallest absolute Gasteiger partial charge is 0.270 e. The zero-order chi connectivity index (χ0) is 22.8. The van der Waals surface area contributed by atoms with E-state index in [2.05, 4.69) is 22.5 Å². The number of halogens is 1. The van der Waals surface area contributed by atoms with Crippen molar-refractivity contribution in [1.82, 2.24) is 15.6 Å². The summed E-state index contributed by atoms with van der Waals surface area (Å²) in [5.41, 5.74) is 2.07. The van der Waals surface area contributed by atoms with Crippen LogP contribution in [0, 0.1) is 5.82 Å². The molecule has 0 atom stereocenters. The Bertz CT molecular complexity index is 1040. The van der Waals surface area contributed by atoms with E-state index in [0.29, 0.717) is 17.1 Å². The highest BCUT2D eigenvalue weighted by Gasteiger charge is 2.12. The summed E-state index contributed by atoms with van der Waals surface area (Å²) in [6, 6.07) is 13.7. The molecule has 0 aliphatic carbocycles. The maximum absolute atomic E-state index is 13.6. The molecule has 3 aromatic rings. The number of unbranched alkanes of at least 4 members (excludes halogenated alkanes) is 1. The lowest BCUT2D eigenvalue weighted by Crippen LogP contribution is -2.34. The van der Waals surface area contributed by atoms with Gasteiger partial charge in [-0.3, -0.25) is 9.59 Å². The third kappa shape index (κ3) is 6.88. The maximum atomic E-state index is 13.6. The largest absolute Gasteiger partial charge is 0.483 e. The summed E-state index contributed by atoms with van der Waals surface area (Å²) in [4.78, 5) is 28.7. The Morgan fingerprint density at radius 1 is 1.03 bits per heavy atom. The molecule has 0 radical (unpaired) electrons. The predicted octanol–water partition coefficient (Wildman–Crippen LogP) is 4.36. The van der Waals surface area contributed by atoms with E-state index >= 15 is 0 Å². The van der Waals surface area contributed by atoms with Crippen LogP contribution in [0.25, 0.3) is 0 Å². The number of para-hydroxylation sites is 1. The molecule has 32 heavy (non-hydrogen) atoms. The fourth-order valence-electron chi connectivity index (χ4n) is 2.93. The number of carbonyl (C=O) groups excluding carboxylic acids is 2. The SMILES string of the molecule is CCCCc1ccc(C(=O)NCCNC(=O)c2csc(COc3ccccc3F)n2)cc1. The van der Waals surface area contributed by atoms with Crippen molar-refractivity contribution in [2.24, 2.45) is 0 Å². The van der Waals surface area contributed by atoms with E-state index in [1.54, 1.807) is 17.5 Å². The number of thiazole rings is 1. The van der Waals surface area contributed by atoms with Crippen LogP contribution < -0.4 is 15.4 Å². The molecule has 2 N–H and O–H groups in total. The number of amides is 2. The number of hydrogen-bond donors (Lipinski definition) is 2. The summed E-state index contributed by atoms with van der Waals surface area (Å²) in [5.74, 6) is -0.827. The van der Waals surface area contributed by atoms with Crippen LogP contribution in [0.5, 0.6) is 5.75 Å². The number of nitrogens with one attached hydrogen (secondary N) is 2. The molecule has 1 heterocycles. The second-order valence-electron chi connectivity index (χ2n) is 7.16. The summed E-state index contributed by atoms with van der Waals surface area (Å²) in [6.07, 6.45) is 3.28. The van der Waals surface area contributed by atoms with Gasteiger partial charge in [0, 0.05) is 24.0 Å². The normalized spacial score (nSPS) is 10.6. The lowest BCUT2D eigenvalue weighted by molar-refractivity contribution is 0.0925. The number of ether oxygens (including phenoxy) is 1. The van der Waals surface area contributed by atoms with Gasteiger partial charge in [-0.1, -0.05) is 37.6 Å². The molecule has 0 aliphatic heterocycles. The van der Waals surface area contributed by atoms with Gasteiger partial charge in [0.25, 0.3) is 11.8 Å². The topological polar surface area (TPSA) is 80.3 Å². The first-order valence-electron chi connectivity index (χ1n) is 10.5. The number of benzene rings is 2. The van der Waals surface area contributed by atoms with Crippen LogP contribution in [0.4, 0.5) is 4.39 Å². The van der Waals surface area contributed by atoms with E-state index in [9.17, 15) is 14.0 Å². The van der Waals surface area contributed by atoms with Gasteiger partial charge in [-0.2, -0.15) is 0 Å². The fourth-order valence-corrected chi connectivity index (χ4v) is 3.62. The first-order valence-corrected chi connectivity index (χ1v) is 11.4. The number of carbonyl (C=O) groups is 2. The monoisotopic (exact) mass is 455 g/mol. The second kappa shape index (κ2) is 12.0. The van der Waals surface area contributed by atoms with Gasteiger partial charge >= 0.3 is 0 Å². The molecular formula is C24H26FN3O3S. The van der Waals surface area contributed by atoms with Crippen molar-refractivity contribution in [2.75, 3.05) is 13.1 Å². The Morgan fingerprint density at radius 3 is 2.47 bits per heavy atom. The lowest BCUT2D eigenvalue weighted by Gasteiger charge is -2.07. The van der Waals surface area contributed by atoms with Crippen molar-refractivity contribution < 1.29 is 18.7 Å². The third-order valence-corrected chi connectivity index (χ3v) is 5.53. The highest BCUT2D eigenvalue weighted by Crippen LogP contribution is 2.18. The standard InChI is InChI=1S/C24H26FN3O3S/c1-2-3-6-17-9-11-18(12-10-17)23(29)26-13-14-27-24(30)20-16-32-22(28-20)15-31-21-8-5-4-7-19(21)25/h4-5,7-12,16H,2-3,6,13-15H2,1H3,(H,26,29)(H,27,30). The summed E-state index contributed by atoms with van der Waals surface area (Å²) in [6.45, 7) is 2.80. The Kier molecular flexibility index (Phi) is 8.74. The molecule has 2 aromatic carbocycles. The van der Waals surface area contributed by atoms with Gasteiger partial charge < -0.3 is 15.4 Å². The van der Waals surface area contributed by atoms with Gasteiger partial charge in [0.1, 0.15) is 17.3 Å². The van der Waals surface area contributed by atoms with Crippen molar-refractivity contribution in [2.45, 2.75) is 32.8 Å². The van der Waals surface area contributed by atoms with E-state index in [1.807, 2.05) is 24.3 Å². The summed E-state index contributed by atoms with van der Waals surface area (Å²) < 4.78 is 19.0. The van der Waals surface area contributed by atoms with Gasteiger partial charge in [-0.25, -0.2) is 9.37 Å². The molecule has 0 saturated carbocycles. The van der Waals surface area contributed by atoms with Crippen LogP contribution in [0.3, 0.4) is 0 Å². The van der Waals surface area contributed by atoms with Crippen molar-refractivity contribution in [3.8, 4) is 5.75 Å². The molecule has 0 spiro atoms. The summed E-state index contributed by atoms with van der Waals surface area (Å²) in [5, 5.41) is 7.70. The van der Waals surface area contributed by atoms with E-state index in [4.69, 9.17) is 4.74 Å². The van der Waals surface area contributed by atoms with E-state index in [-0.39, 0.29) is 36.4 Å². The molecule has 0 bridgehead atoms. The van der Waals surface area contributed by atoms with Gasteiger partial charge in [0.2, 0.25) is 0 Å². The molecule has 1 aromatic heterocycles. The first-order chi connectivity index (χ1) is 15.6. The fraction of sp³-hybridized carbons (Fsp3) is 0.292. The van der Waals surface area contributed by atoms with Crippen molar-refractivity contribution >= 4 is 23.2 Å². The second-order valence-corrected chi connectivity index (χ2v) is 8.10. The lowest BCUT2D eigenvalue weighted by atomic mass is 10.1. The first kappa shape index (κ1) is 23.4. The van der Waals surface area contributed by atoms with Crippen LogP contribution in [0.1, 0.15) is 51.2 Å². The Balaban J connectivity index is 1.38. The van der Waals surface area contributed by atoms with Crippen LogP contribution >= 0.6 is 11.3 Å². The zero-order valence-electron chi connectivity index (χ0n) is 17.9. The minimum absolute atomic E-state index is 0.0756. The average Bonchev–Trinajstić information content (AvgIpc) is 3.29. The highest BCUT2D eigenvalue weighted by molar-refractivity contribution is 7.09. The van der Waals surface area contributed by atoms with Crippen molar-refractivity contribution in [3.63, 3.8) is 0 Å². The quantitative estimate of drug-likeness (QED) is 0.421. The molecular weight excluding hydrogens is 429 g/mol. The Labute approximate surface area is 190 Å². The predicted molar refractivity (Wildman–Crippen MR) is 123 cm³/mol. The molecule has 6 nitrogen and oxygen atoms in total. The number of aryl methyl sites for hydroxylation is 1. The molecule has 0 saturated heterocycles. The van der Waals surface area contributed by atoms with Crippen LogP contribution in [-0.2, 0) is 13.0 Å². The molecule has 3 rings (SSSR count). The third-order valence-electron chi connectivity index (χ3n) is 4.70. The van der Waals surface area contributed by atoms with Crippen LogP contribution in [-0.4, -0.2) is 29.9 Å². The minimum Gasteiger partial charge on any atom is -0.483 e.